The average Bonchev–Trinajstić information content (AvgIpc) is 3.15. The van der Waals surface area contributed by atoms with Gasteiger partial charge in [0, 0.05) is 0 Å². The first-order chi connectivity index (χ1) is 12.5. The van der Waals surface area contributed by atoms with E-state index in [9.17, 15) is 13.2 Å². The van der Waals surface area contributed by atoms with Gasteiger partial charge in [0.1, 0.15) is 17.3 Å². The van der Waals surface area contributed by atoms with Crippen LogP contribution in [-0.2, 0) is 6.18 Å². The fraction of sp³-hybridized carbons (Fsp3) is 0.0476. The molecule has 0 fully saturated rings. The Labute approximate surface area is 147 Å². The molecule has 0 spiro atoms. The van der Waals surface area contributed by atoms with Gasteiger partial charge in [-0.25, -0.2) is 0 Å². The molecule has 0 unspecified atom stereocenters. The molecular weight excluding hydrogens is 341 g/mol. The lowest BCUT2D eigenvalue weighted by atomic mass is 10.1. The standard InChI is InChI=1S/C21H13F3O2/c22-21(23,24)16-8-10-20(18(13-16)19-6-3-11-25-19)26-17-9-7-14-4-1-2-5-15(14)12-17/h1-13H. The highest BCUT2D eigenvalue weighted by Crippen LogP contribution is 2.39. The van der Waals surface area contributed by atoms with Gasteiger partial charge in [-0.15, -0.1) is 0 Å². The van der Waals surface area contributed by atoms with E-state index in [4.69, 9.17) is 9.15 Å². The summed E-state index contributed by atoms with van der Waals surface area (Å²) in [6.07, 6.45) is -3.03. The van der Waals surface area contributed by atoms with Crippen LogP contribution in [-0.4, -0.2) is 0 Å². The van der Waals surface area contributed by atoms with Crippen LogP contribution in [0.1, 0.15) is 5.56 Å². The molecule has 0 aliphatic rings. The molecule has 3 aromatic carbocycles. The zero-order chi connectivity index (χ0) is 18.1. The van der Waals surface area contributed by atoms with Gasteiger partial charge in [0.2, 0.25) is 0 Å². The Morgan fingerprint density at radius 1 is 0.769 bits per heavy atom. The van der Waals surface area contributed by atoms with Crippen molar-refractivity contribution in [2.24, 2.45) is 0 Å². The predicted molar refractivity (Wildman–Crippen MR) is 93.2 cm³/mol. The topological polar surface area (TPSA) is 22.4 Å². The smallest absolute Gasteiger partial charge is 0.416 e. The van der Waals surface area contributed by atoms with Crippen LogP contribution in [0, 0.1) is 0 Å². The van der Waals surface area contributed by atoms with Crippen molar-refractivity contribution in [3.8, 4) is 22.8 Å². The number of halogens is 3. The van der Waals surface area contributed by atoms with Crippen molar-refractivity contribution in [2.75, 3.05) is 0 Å². The van der Waals surface area contributed by atoms with E-state index in [1.807, 2.05) is 36.4 Å². The van der Waals surface area contributed by atoms with Gasteiger partial charge in [-0.2, -0.15) is 13.2 Å². The highest BCUT2D eigenvalue weighted by Gasteiger charge is 2.31. The maximum absolute atomic E-state index is 13.1. The SMILES string of the molecule is FC(F)(F)c1ccc(Oc2ccc3ccccc3c2)c(-c2ccco2)c1. The quantitative estimate of drug-likeness (QED) is 0.399. The molecule has 1 aromatic heterocycles. The molecule has 26 heavy (non-hydrogen) atoms. The van der Waals surface area contributed by atoms with Gasteiger partial charge in [0.25, 0.3) is 0 Å². The van der Waals surface area contributed by atoms with E-state index in [0.717, 1.165) is 22.9 Å². The second kappa shape index (κ2) is 6.26. The minimum Gasteiger partial charge on any atom is -0.464 e. The highest BCUT2D eigenvalue weighted by atomic mass is 19.4. The minimum absolute atomic E-state index is 0.248. The van der Waals surface area contributed by atoms with Crippen LogP contribution >= 0.6 is 0 Å². The van der Waals surface area contributed by atoms with Gasteiger partial charge in [0.15, 0.2) is 0 Å². The van der Waals surface area contributed by atoms with Crippen LogP contribution in [0.3, 0.4) is 0 Å². The Hall–Kier alpha value is -3.21. The number of ether oxygens (including phenoxy) is 1. The number of hydrogen-bond donors (Lipinski definition) is 0. The van der Waals surface area contributed by atoms with Crippen LogP contribution in [0.5, 0.6) is 11.5 Å². The Morgan fingerprint density at radius 3 is 2.31 bits per heavy atom. The van der Waals surface area contributed by atoms with E-state index in [-0.39, 0.29) is 5.56 Å². The monoisotopic (exact) mass is 354 g/mol. The molecule has 0 aliphatic heterocycles. The summed E-state index contributed by atoms with van der Waals surface area (Å²) >= 11 is 0. The first-order valence-corrected chi connectivity index (χ1v) is 7.92. The van der Waals surface area contributed by atoms with Crippen molar-refractivity contribution in [1.82, 2.24) is 0 Å². The van der Waals surface area contributed by atoms with Gasteiger partial charge in [-0.1, -0.05) is 30.3 Å². The summed E-state index contributed by atoms with van der Waals surface area (Å²) in [4.78, 5) is 0. The molecule has 4 rings (SSSR count). The van der Waals surface area contributed by atoms with Crippen molar-refractivity contribution >= 4 is 10.8 Å². The zero-order valence-corrected chi connectivity index (χ0v) is 13.5. The van der Waals surface area contributed by atoms with E-state index in [1.165, 1.54) is 12.3 Å². The molecule has 0 aliphatic carbocycles. The van der Waals surface area contributed by atoms with Crippen molar-refractivity contribution in [1.29, 1.82) is 0 Å². The fourth-order valence-corrected chi connectivity index (χ4v) is 2.78. The second-order valence-corrected chi connectivity index (χ2v) is 5.80. The summed E-state index contributed by atoms with van der Waals surface area (Å²) in [7, 11) is 0. The molecule has 4 aromatic rings. The third-order valence-corrected chi connectivity index (χ3v) is 4.04. The van der Waals surface area contributed by atoms with Crippen molar-refractivity contribution in [3.63, 3.8) is 0 Å². The summed E-state index contributed by atoms with van der Waals surface area (Å²) in [5, 5.41) is 2.04. The Kier molecular flexibility index (Phi) is 3.92. The Morgan fingerprint density at radius 2 is 1.58 bits per heavy atom. The Balaban J connectivity index is 1.77. The van der Waals surface area contributed by atoms with Gasteiger partial charge in [-0.05, 0) is 53.2 Å². The maximum atomic E-state index is 13.1. The average molecular weight is 354 g/mol. The van der Waals surface area contributed by atoms with Crippen molar-refractivity contribution < 1.29 is 22.3 Å². The first kappa shape index (κ1) is 16.3. The lowest BCUT2D eigenvalue weighted by molar-refractivity contribution is -0.137. The van der Waals surface area contributed by atoms with E-state index in [0.29, 0.717) is 17.3 Å². The van der Waals surface area contributed by atoms with E-state index in [2.05, 4.69) is 0 Å². The normalized spacial score (nSPS) is 11.7. The molecule has 1 heterocycles. The van der Waals surface area contributed by atoms with Crippen LogP contribution in [0.2, 0.25) is 0 Å². The summed E-state index contributed by atoms with van der Waals surface area (Å²) in [6, 6.07) is 19.9. The van der Waals surface area contributed by atoms with Gasteiger partial charge < -0.3 is 9.15 Å². The second-order valence-electron chi connectivity index (χ2n) is 5.80. The fourth-order valence-electron chi connectivity index (χ4n) is 2.78. The molecule has 0 radical (unpaired) electrons. The van der Waals surface area contributed by atoms with Crippen molar-refractivity contribution in [2.45, 2.75) is 6.18 Å². The molecule has 0 saturated carbocycles. The molecule has 0 amide bonds. The molecule has 130 valence electrons. The zero-order valence-electron chi connectivity index (χ0n) is 13.5. The summed E-state index contributed by atoms with van der Waals surface area (Å²) in [6.45, 7) is 0. The summed E-state index contributed by atoms with van der Waals surface area (Å²) in [5.74, 6) is 1.14. The van der Waals surface area contributed by atoms with Crippen LogP contribution < -0.4 is 4.74 Å². The lowest BCUT2D eigenvalue weighted by Gasteiger charge is -2.13. The summed E-state index contributed by atoms with van der Waals surface area (Å²) < 4.78 is 50.4. The number of alkyl halides is 3. The highest BCUT2D eigenvalue weighted by molar-refractivity contribution is 5.84. The number of fused-ring (bicyclic) bond motifs is 1. The first-order valence-electron chi connectivity index (χ1n) is 7.92. The molecule has 0 bridgehead atoms. The lowest BCUT2D eigenvalue weighted by Crippen LogP contribution is -2.05. The van der Waals surface area contributed by atoms with Gasteiger partial charge in [0.05, 0.1) is 17.4 Å². The Bertz CT molecular complexity index is 1050. The molecular formula is C21H13F3O2. The third kappa shape index (κ3) is 3.16. The third-order valence-electron chi connectivity index (χ3n) is 4.04. The number of furan rings is 1. The predicted octanol–water partition coefficient (Wildman–Crippen LogP) is 6.91. The molecule has 5 heteroatoms. The minimum atomic E-state index is -4.44. The summed E-state index contributed by atoms with van der Waals surface area (Å²) in [5.41, 5.74) is -0.507. The van der Waals surface area contributed by atoms with Gasteiger partial charge in [-0.3, -0.25) is 0 Å². The number of benzene rings is 3. The number of rotatable bonds is 3. The van der Waals surface area contributed by atoms with Crippen LogP contribution in [0.25, 0.3) is 22.1 Å². The van der Waals surface area contributed by atoms with E-state index >= 15 is 0 Å². The molecule has 0 saturated heterocycles. The maximum Gasteiger partial charge on any atom is 0.416 e. The number of hydrogen-bond acceptors (Lipinski definition) is 2. The molecule has 0 atom stereocenters. The molecule has 2 nitrogen and oxygen atoms in total. The van der Waals surface area contributed by atoms with E-state index < -0.39 is 11.7 Å². The molecule has 0 N–H and O–H groups in total. The van der Waals surface area contributed by atoms with Gasteiger partial charge >= 0.3 is 6.18 Å². The van der Waals surface area contributed by atoms with Crippen LogP contribution in [0.15, 0.2) is 83.5 Å². The van der Waals surface area contributed by atoms with E-state index in [1.54, 1.807) is 18.2 Å². The van der Waals surface area contributed by atoms with Crippen molar-refractivity contribution in [3.05, 3.63) is 84.6 Å². The largest absolute Gasteiger partial charge is 0.464 e. The van der Waals surface area contributed by atoms with Crippen LogP contribution in [0.4, 0.5) is 13.2 Å².